The number of nitrogens with zero attached hydrogens (tertiary/aromatic N) is 1. The second kappa shape index (κ2) is 5.74. The molecule has 0 atom stereocenters. The molecule has 0 aliphatic heterocycles. The van der Waals surface area contributed by atoms with E-state index in [1.807, 2.05) is 0 Å². The van der Waals surface area contributed by atoms with Crippen molar-refractivity contribution in [3.05, 3.63) is 52.1 Å². The first kappa shape index (κ1) is 14.7. The van der Waals surface area contributed by atoms with E-state index >= 15 is 0 Å². The lowest BCUT2D eigenvalue weighted by molar-refractivity contribution is -0.385. The average Bonchev–Trinajstić information content (AvgIpc) is 2.46. The summed E-state index contributed by atoms with van der Waals surface area (Å²) in [5, 5.41) is 10.6. The molecule has 0 unspecified atom stereocenters. The predicted octanol–water partition coefficient (Wildman–Crippen LogP) is 3.56. The third-order valence-electron chi connectivity index (χ3n) is 2.92. The molecule has 2 aromatic rings. The minimum atomic E-state index is -1.04. The first-order valence-corrected chi connectivity index (χ1v) is 5.83. The molecule has 0 saturated heterocycles. The van der Waals surface area contributed by atoms with Gasteiger partial charge >= 0.3 is 0 Å². The fourth-order valence-electron chi connectivity index (χ4n) is 1.93. The van der Waals surface area contributed by atoms with Gasteiger partial charge in [-0.15, -0.1) is 0 Å². The van der Waals surface area contributed by atoms with Crippen LogP contribution in [0.15, 0.2) is 30.3 Å². The Morgan fingerprint density at radius 2 is 1.67 bits per heavy atom. The van der Waals surface area contributed by atoms with Crippen LogP contribution in [0.25, 0.3) is 11.1 Å². The SMILES string of the molecule is COc1ccc(-c2c(F)cc([N+](=O)[O-])cc2F)c(OC)c1. The molecule has 0 radical (unpaired) electrons. The lowest BCUT2D eigenvalue weighted by Gasteiger charge is -2.12. The zero-order chi connectivity index (χ0) is 15.6. The van der Waals surface area contributed by atoms with Gasteiger partial charge in [-0.2, -0.15) is 0 Å². The molecule has 0 aromatic heterocycles. The largest absolute Gasteiger partial charge is 0.497 e. The van der Waals surface area contributed by atoms with E-state index in [0.29, 0.717) is 17.9 Å². The Morgan fingerprint density at radius 3 is 2.14 bits per heavy atom. The highest BCUT2D eigenvalue weighted by atomic mass is 19.1. The maximum absolute atomic E-state index is 14.0. The molecule has 0 bridgehead atoms. The highest BCUT2D eigenvalue weighted by Gasteiger charge is 2.21. The van der Waals surface area contributed by atoms with Gasteiger partial charge in [0, 0.05) is 11.6 Å². The van der Waals surface area contributed by atoms with Crippen LogP contribution in [-0.2, 0) is 0 Å². The van der Waals surface area contributed by atoms with Crippen molar-refractivity contribution in [3.8, 4) is 22.6 Å². The lowest BCUT2D eigenvalue weighted by atomic mass is 10.0. The Balaban J connectivity index is 2.64. The Morgan fingerprint density at radius 1 is 1.05 bits per heavy atom. The Labute approximate surface area is 118 Å². The number of methoxy groups -OCH3 is 2. The van der Waals surface area contributed by atoms with Crippen LogP contribution in [0.4, 0.5) is 14.5 Å². The van der Waals surface area contributed by atoms with E-state index in [1.165, 1.54) is 32.4 Å². The number of benzene rings is 2. The standard InChI is InChI=1S/C14H11F2NO4/c1-20-9-3-4-10(13(7-9)21-2)14-11(15)5-8(17(18)19)6-12(14)16/h3-7H,1-2H3. The van der Waals surface area contributed by atoms with Gasteiger partial charge in [-0.3, -0.25) is 10.1 Å². The van der Waals surface area contributed by atoms with Crippen molar-refractivity contribution < 1.29 is 23.2 Å². The zero-order valence-electron chi connectivity index (χ0n) is 11.2. The van der Waals surface area contributed by atoms with Crippen LogP contribution in [0, 0.1) is 21.7 Å². The van der Waals surface area contributed by atoms with Gasteiger partial charge in [-0.05, 0) is 12.1 Å². The summed E-state index contributed by atoms with van der Waals surface area (Å²) in [5.74, 6) is -1.42. The van der Waals surface area contributed by atoms with E-state index in [2.05, 4.69) is 0 Å². The molecule has 0 aliphatic carbocycles. The summed E-state index contributed by atoms with van der Waals surface area (Å²) in [7, 11) is 2.79. The number of hydrogen-bond donors (Lipinski definition) is 0. The molecule has 0 spiro atoms. The number of halogens is 2. The molecule has 110 valence electrons. The molecule has 2 rings (SSSR count). The van der Waals surface area contributed by atoms with Gasteiger partial charge in [0.2, 0.25) is 0 Å². The second-order valence-electron chi connectivity index (χ2n) is 4.11. The fraction of sp³-hybridized carbons (Fsp3) is 0.143. The molecular formula is C14H11F2NO4. The van der Waals surface area contributed by atoms with Crippen molar-refractivity contribution in [2.24, 2.45) is 0 Å². The lowest BCUT2D eigenvalue weighted by Crippen LogP contribution is -1.97. The fourth-order valence-corrected chi connectivity index (χ4v) is 1.93. The van der Waals surface area contributed by atoms with Crippen molar-refractivity contribution >= 4 is 5.69 Å². The van der Waals surface area contributed by atoms with Crippen molar-refractivity contribution in [1.82, 2.24) is 0 Å². The van der Waals surface area contributed by atoms with Gasteiger partial charge in [0.15, 0.2) is 0 Å². The van der Waals surface area contributed by atoms with Crippen molar-refractivity contribution in [2.75, 3.05) is 14.2 Å². The van der Waals surface area contributed by atoms with Gasteiger partial charge in [0.05, 0.1) is 36.8 Å². The summed E-state index contributed by atoms with van der Waals surface area (Å²) in [6.45, 7) is 0. The number of nitro benzene ring substituents is 1. The van der Waals surface area contributed by atoms with Gasteiger partial charge in [-0.1, -0.05) is 0 Å². The summed E-state index contributed by atoms with van der Waals surface area (Å²) in [6.07, 6.45) is 0. The number of non-ortho nitro benzene ring substituents is 1. The first-order valence-electron chi connectivity index (χ1n) is 5.83. The summed E-state index contributed by atoms with van der Waals surface area (Å²) >= 11 is 0. The quantitative estimate of drug-likeness (QED) is 0.639. The summed E-state index contributed by atoms with van der Waals surface area (Å²) in [5.41, 5.74) is -0.899. The van der Waals surface area contributed by atoms with Crippen LogP contribution in [0.1, 0.15) is 0 Å². The molecule has 0 fully saturated rings. The van der Waals surface area contributed by atoms with E-state index in [1.54, 1.807) is 0 Å². The van der Waals surface area contributed by atoms with Crippen LogP contribution in [0.2, 0.25) is 0 Å². The topological polar surface area (TPSA) is 61.6 Å². The van der Waals surface area contributed by atoms with E-state index in [4.69, 9.17) is 9.47 Å². The Hall–Kier alpha value is -2.70. The number of nitro groups is 1. The highest BCUT2D eigenvalue weighted by Crippen LogP contribution is 2.37. The van der Waals surface area contributed by atoms with Gasteiger partial charge in [0.1, 0.15) is 23.1 Å². The first-order chi connectivity index (χ1) is 9.97. The molecule has 2 aromatic carbocycles. The number of ether oxygens (including phenoxy) is 2. The van der Waals surface area contributed by atoms with E-state index < -0.39 is 22.2 Å². The molecule has 7 heteroatoms. The second-order valence-corrected chi connectivity index (χ2v) is 4.11. The number of rotatable bonds is 4. The predicted molar refractivity (Wildman–Crippen MR) is 71.6 cm³/mol. The van der Waals surface area contributed by atoms with Crippen LogP contribution in [-0.4, -0.2) is 19.1 Å². The Kier molecular flexibility index (Phi) is 4.02. The Bertz CT molecular complexity index is 680. The molecule has 0 aliphatic rings. The van der Waals surface area contributed by atoms with Crippen LogP contribution >= 0.6 is 0 Å². The maximum atomic E-state index is 14.0. The van der Waals surface area contributed by atoms with Crippen molar-refractivity contribution in [1.29, 1.82) is 0 Å². The normalized spacial score (nSPS) is 10.3. The summed E-state index contributed by atoms with van der Waals surface area (Å²) in [4.78, 5) is 9.73. The minimum absolute atomic E-state index is 0.142. The molecule has 0 heterocycles. The van der Waals surface area contributed by atoms with Crippen molar-refractivity contribution in [3.63, 3.8) is 0 Å². The highest BCUT2D eigenvalue weighted by molar-refractivity contribution is 5.73. The van der Waals surface area contributed by atoms with Crippen LogP contribution in [0.5, 0.6) is 11.5 Å². The molecule has 5 nitrogen and oxygen atoms in total. The summed E-state index contributed by atoms with van der Waals surface area (Å²) < 4.78 is 38.1. The third-order valence-corrected chi connectivity index (χ3v) is 2.92. The van der Waals surface area contributed by atoms with Crippen molar-refractivity contribution in [2.45, 2.75) is 0 Å². The summed E-state index contributed by atoms with van der Waals surface area (Å²) in [6, 6.07) is 5.74. The van der Waals surface area contributed by atoms with Crippen LogP contribution < -0.4 is 9.47 Å². The van der Waals surface area contributed by atoms with Gasteiger partial charge in [0.25, 0.3) is 5.69 Å². The van der Waals surface area contributed by atoms with E-state index in [9.17, 15) is 18.9 Å². The molecule has 0 amide bonds. The van der Waals surface area contributed by atoms with E-state index in [0.717, 1.165) is 0 Å². The molecule has 21 heavy (non-hydrogen) atoms. The molecule has 0 N–H and O–H groups in total. The van der Waals surface area contributed by atoms with Gasteiger partial charge in [-0.25, -0.2) is 8.78 Å². The van der Waals surface area contributed by atoms with Crippen LogP contribution in [0.3, 0.4) is 0 Å². The zero-order valence-corrected chi connectivity index (χ0v) is 11.2. The third kappa shape index (κ3) is 2.76. The number of hydrogen-bond acceptors (Lipinski definition) is 4. The molecule has 0 saturated carbocycles. The minimum Gasteiger partial charge on any atom is -0.497 e. The van der Waals surface area contributed by atoms with Gasteiger partial charge < -0.3 is 9.47 Å². The van der Waals surface area contributed by atoms with E-state index in [-0.39, 0.29) is 16.9 Å². The average molecular weight is 295 g/mol. The maximum Gasteiger partial charge on any atom is 0.275 e. The smallest absolute Gasteiger partial charge is 0.275 e. The monoisotopic (exact) mass is 295 g/mol. The molecular weight excluding hydrogens is 284 g/mol.